The van der Waals surface area contributed by atoms with Gasteiger partial charge in [0.05, 0.1) is 6.61 Å². The van der Waals surface area contributed by atoms with Gasteiger partial charge in [0, 0.05) is 26.1 Å². The number of aliphatic hydroxyl groups excluding tert-OH is 1. The van der Waals surface area contributed by atoms with Gasteiger partial charge in [-0.3, -0.25) is 9.69 Å². The Hall–Kier alpha value is -0.870. The molecule has 1 amide bonds. The average Bonchev–Trinajstić information content (AvgIpc) is 2.57. The molecular weight excluding hydrogens is 300 g/mol. The molecule has 0 heterocycles. The number of unbranched alkanes of at least 4 members (excludes halogenated alkanes) is 7. The first kappa shape index (κ1) is 23.1. The summed E-state index contributed by atoms with van der Waals surface area (Å²) in [4.78, 5) is 14.0. The highest BCUT2D eigenvalue weighted by molar-refractivity contribution is 5.77. The van der Waals surface area contributed by atoms with Gasteiger partial charge in [0.15, 0.2) is 0 Å². The van der Waals surface area contributed by atoms with Crippen molar-refractivity contribution in [2.75, 3.05) is 32.8 Å². The van der Waals surface area contributed by atoms with Crippen LogP contribution in [0.3, 0.4) is 0 Å². The smallest absolute Gasteiger partial charge is 0.223 e. The number of amides is 1. The number of hydrogen-bond acceptors (Lipinski definition) is 3. The van der Waals surface area contributed by atoms with Crippen molar-refractivity contribution in [3.63, 3.8) is 0 Å². The number of allylic oxidation sites excluding steroid dienone is 1. The Morgan fingerprint density at radius 3 is 2.33 bits per heavy atom. The summed E-state index contributed by atoms with van der Waals surface area (Å²) in [5, 5.41) is 12.1. The summed E-state index contributed by atoms with van der Waals surface area (Å²) in [5.74, 6) is 0.0891. The molecule has 0 radical (unpaired) electrons. The Labute approximate surface area is 149 Å². The van der Waals surface area contributed by atoms with E-state index in [1.54, 1.807) is 0 Å². The first-order chi connectivity index (χ1) is 11.7. The lowest BCUT2D eigenvalue weighted by Gasteiger charge is -2.21. The molecule has 0 bridgehead atoms. The number of nitrogens with one attached hydrogen (secondary N) is 1. The maximum atomic E-state index is 11.7. The highest BCUT2D eigenvalue weighted by Crippen LogP contribution is 2.05. The summed E-state index contributed by atoms with van der Waals surface area (Å²) in [6.45, 7) is 7.78. The predicted octanol–water partition coefficient (Wildman–Crippen LogP) is 3.89. The molecule has 0 fully saturated rings. The van der Waals surface area contributed by atoms with Gasteiger partial charge in [-0.25, -0.2) is 0 Å². The van der Waals surface area contributed by atoms with Crippen molar-refractivity contribution in [2.24, 2.45) is 0 Å². The van der Waals surface area contributed by atoms with Crippen molar-refractivity contribution in [3.05, 3.63) is 12.2 Å². The molecule has 142 valence electrons. The molecule has 0 saturated carbocycles. The van der Waals surface area contributed by atoms with E-state index >= 15 is 0 Å². The Balaban J connectivity index is 3.71. The van der Waals surface area contributed by atoms with Crippen LogP contribution >= 0.6 is 0 Å². The van der Waals surface area contributed by atoms with Gasteiger partial charge in [0.25, 0.3) is 0 Å². The lowest BCUT2D eigenvalue weighted by atomic mass is 10.1. The zero-order chi connectivity index (χ0) is 17.9. The predicted molar refractivity (Wildman–Crippen MR) is 103 cm³/mol. The quantitative estimate of drug-likeness (QED) is 0.312. The number of carbonyl (C=O) groups is 1. The van der Waals surface area contributed by atoms with Crippen molar-refractivity contribution in [1.29, 1.82) is 0 Å². The van der Waals surface area contributed by atoms with Gasteiger partial charge in [-0.05, 0) is 19.4 Å². The molecule has 4 heteroatoms. The van der Waals surface area contributed by atoms with Crippen molar-refractivity contribution in [3.8, 4) is 0 Å². The molecule has 0 rings (SSSR count). The zero-order valence-corrected chi connectivity index (χ0v) is 16.1. The zero-order valence-electron chi connectivity index (χ0n) is 16.1. The van der Waals surface area contributed by atoms with E-state index < -0.39 is 0 Å². The van der Waals surface area contributed by atoms with Crippen LogP contribution in [0.2, 0.25) is 0 Å². The molecule has 0 aromatic carbocycles. The van der Waals surface area contributed by atoms with Crippen LogP contribution in [0.5, 0.6) is 0 Å². The van der Waals surface area contributed by atoms with E-state index in [-0.39, 0.29) is 12.5 Å². The fourth-order valence-corrected chi connectivity index (χ4v) is 2.65. The van der Waals surface area contributed by atoms with Crippen molar-refractivity contribution in [2.45, 2.75) is 78.1 Å². The van der Waals surface area contributed by atoms with E-state index in [0.717, 1.165) is 19.5 Å². The summed E-state index contributed by atoms with van der Waals surface area (Å²) in [6, 6.07) is 0. The lowest BCUT2D eigenvalue weighted by Crippen LogP contribution is -2.36. The monoisotopic (exact) mass is 340 g/mol. The second kappa shape index (κ2) is 18.5. The molecule has 4 nitrogen and oxygen atoms in total. The molecule has 0 aromatic rings. The summed E-state index contributed by atoms with van der Waals surface area (Å²) in [5.41, 5.74) is 0. The average molecular weight is 341 g/mol. The summed E-state index contributed by atoms with van der Waals surface area (Å²) < 4.78 is 0. The van der Waals surface area contributed by atoms with E-state index in [4.69, 9.17) is 5.11 Å². The van der Waals surface area contributed by atoms with Crippen molar-refractivity contribution in [1.82, 2.24) is 10.2 Å². The highest BCUT2D eigenvalue weighted by atomic mass is 16.3. The van der Waals surface area contributed by atoms with Gasteiger partial charge < -0.3 is 10.4 Å². The van der Waals surface area contributed by atoms with Crippen LogP contribution in [-0.2, 0) is 4.79 Å². The number of rotatable bonds is 17. The van der Waals surface area contributed by atoms with Crippen LogP contribution in [-0.4, -0.2) is 48.7 Å². The Morgan fingerprint density at radius 1 is 0.917 bits per heavy atom. The minimum Gasteiger partial charge on any atom is -0.395 e. The topological polar surface area (TPSA) is 52.6 Å². The first-order valence-electron chi connectivity index (χ1n) is 9.99. The normalized spacial score (nSPS) is 11.5. The van der Waals surface area contributed by atoms with E-state index in [1.807, 2.05) is 6.08 Å². The molecule has 0 aromatic heterocycles. The number of carbonyl (C=O) groups excluding carboxylic acids is 1. The summed E-state index contributed by atoms with van der Waals surface area (Å²) in [7, 11) is 0. The second-order valence-corrected chi connectivity index (χ2v) is 6.50. The van der Waals surface area contributed by atoms with Crippen molar-refractivity contribution < 1.29 is 9.90 Å². The molecule has 24 heavy (non-hydrogen) atoms. The molecule has 0 aliphatic carbocycles. The molecular formula is C20H40N2O2. The maximum absolute atomic E-state index is 11.7. The molecule has 0 spiro atoms. The standard InChI is InChI=1S/C20H40N2O2/c1-3-5-7-9-11-13-16-22(18-19-23)17-15-21-20(24)14-12-10-8-6-4-2/h10,12,23H,3-9,11,13-19H2,1-2H3,(H,21,24)/b12-10+. The molecule has 0 saturated heterocycles. The summed E-state index contributed by atoms with van der Waals surface area (Å²) >= 11 is 0. The van der Waals surface area contributed by atoms with E-state index in [0.29, 0.717) is 19.5 Å². The number of hydrogen-bond donors (Lipinski definition) is 2. The Morgan fingerprint density at radius 2 is 1.62 bits per heavy atom. The Bertz CT molecular complexity index is 306. The van der Waals surface area contributed by atoms with Gasteiger partial charge >= 0.3 is 0 Å². The minimum atomic E-state index is 0.0891. The third-order valence-corrected chi connectivity index (χ3v) is 4.19. The van der Waals surface area contributed by atoms with E-state index in [1.165, 1.54) is 51.4 Å². The van der Waals surface area contributed by atoms with Gasteiger partial charge in [0.1, 0.15) is 0 Å². The maximum Gasteiger partial charge on any atom is 0.223 e. The SMILES string of the molecule is CCCC/C=C/CC(=O)NCCN(CCO)CCCCCCCC. The largest absolute Gasteiger partial charge is 0.395 e. The fraction of sp³-hybridized carbons (Fsp3) is 0.850. The van der Waals surface area contributed by atoms with Crippen LogP contribution in [0.25, 0.3) is 0 Å². The van der Waals surface area contributed by atoms with Crippen molar-refractivity contribution >= 4 is 5.91 Å². The minimum absolute atomic E-state index is 0.0891. The summed E-state index contributed by atoms with van der Waals surface area (Å²) in [6.07, 6.45) is 15.7. The third kappa shape index (κ3) is 16.0. The molecule has 0 aliphatic heterocycles. The molecule has 0 unspecified atom stereocenters. The van der Waals surface area contributed by atoms with Gasteiger partial charge in [-0.2, -0.15) is 0 Å². The highest BCUT2D eigenvalue weighted by Gasteiger charge is 2.05. The Kier molecular flexibility index (Phi) is 17.8. The van der Waals surface area contributed by atoms with Crippen LogP contribution in [0.1, 0.15) is 78.1 Å². The van der Waals surface area contributed by atoms with E-state index in [9.17, 15) is 4.79 Å². The van der Waals surface area contributed by atoms with Gasteiger partial charge in [-0.1, -0.05) is 70.9 Å². The van der Waals surface area contributed by atoms with E-state index in [2.05, 4.69) is 30.1 Å². The number of nitrogens with zero attached hydrogens (tertiary/aromatic N) is 1. The van der Waals surface area contributed by atoms with Gasteiger partial charge in [0.2, 0.25) is 5.91 Å². The van der Waals surface area contributed by atoms with Gasteiger partial charge in [-0.15, -0.1) is 0 Å². The first-order valence-corrected chi connectivity index (χ1v) is 9.99. The molecule has 0 aliphatic rings. The molecule has 0 atom stereocenters. The fourth-order valence-electron chi connectivity index (χ4n) is 2.65. The van der Waals surface area contributed by atoms with Crippen LogP contribution in [0.15, 0.2) is 12.2 Å². The van der Waals surface area contributed by atoms with Crippen LogP contribution in [0, 0.1) is 0 Å². The van der Waals surface area contributed by atoms with Crippen LogP contribution < -0.4 is 5.32 Å². The third-order valence-electron chi connectivity index (χ3n) is 4.19. The number of aliphatic hydroxyl groups is 1. The second-order valence-electron chi connectivity index (χ2n) is 6.50. The molecule has 2 N–H and O–H groups in total. The van der Waals surface area contributed by atoms with Crippen LogP contribution in [0.4, 0.5) is 0 Å². The lowest BCUT2D eigenvalue weighted by molar-refractivity contribution is -0.120.